The van der Waals surface area contributed by atoms with Crippen LogP contribution in [0, 0.1) is 0 Å². The van der Waals surface area contributed by atoms with Gasteiger partial charge in [-0.1, -0.05) is 20.3 Å². The number of thiophene rings is 1. The highest BCUT2D eigenvalue weighted by Gasteiger charge is 2.18. The Labute approximate surface area is 179 Å². The summed E-state index contributed by atoms with van der Waals surface area (Å²) < 4.78 is 5.75. The third-order valence-corrected chi connectivity index (χ3v) is 6.16. The number of nitrogens with one attached hydrogen (secondary N) is 2. The van der Waals surface area contributed by atoms with E-state index >= 15 is 0 Å². The van der Waals surface area contributed by atoms with Crippen molar-refractivity contribution in [3.63, 3.8) is 0 Å². The number of H-pyrrole nitrogens is 2. The summed E-state index contributed by atoms with van der Waals surface area (Å²) in [5, 5.41) is 7.92. The molecule has 6 nitrogen and oxygen atoms in total. The first-order valence-corrected chi connectivity index (χ1v) is 11.0. The molecule has 0 aliphatic rings. The number of unbranched alkanes of at least 4 members (excludes halogenated alkanes) is 1. The molecule has 0 saturated heterocycles. The van der Waals surface area contributed by atoms with Gasteiger partial charge in [0.2, 0.25) is 0 Å². The van der Waals surface area contributed by atoms with Gasteiger partial charge in [0.05, 0.1) is 12.2 Å². The van der Waals surface area contributed by atoms with Gasteiger partial charge in [0.25, 0.3) is 5.56 Å². The van der Waals surface area contributed by atoms with Gasteiger partial charge in [-0.2, -0.15) is 0 Å². The predicted octanol–water partition coefficient (Wildman–Crippen LogP) is 5.30. The van der Waals surface area contributed by atoms with E-state index in [0.29, 0.717) is 18.0 Å². The number of pyridine rings is 1. The monoisotopic (exact) mass is 420 g/mol. The summed E-state index contributed by atoms with van der Waals surface area (Å²) in [7, 11) is 0. The highest BCUT2D eigenvalue weighted by atomic mass is 32.1. The molecule has 2 N–H and O–H groups in total. The van der Waals surface area contributed by atoms with Crippen LogP contribution in [0.25, 0.3) is 33.1 Å². The Kier molecular flexibility index (Phi) is 6.09. The predicted molar refractivity (Wildman–Crippen MR) is 121 cm³/mol. The van der Waals surface area contributed by atoms with Crippen LogP contribution in [0.4, 0.5) is 0 Å². The summed E-state index contributed by atoms with van der Waals surface area (Å²) in [4.78, 5) is 21.3. The smallest absolute Gasteiger partial charge is 0.260 e. The number of aromatic amines is 2. The largest absolute Gasteiger partial charge is 0.494 e. The Morgan fingerprint density at radius 2 is 1.93 bits per heavy atom. The van der Waals surface area contributed by atoms with Crippen molar-refractivity contribution in [2.24, 2.45) is 0 Å². The van der Waals surface area contributed by atoms with E-state index < -0.39 is 0 Å². The highest BCUT2D eigenvalue weighted by Crippen LogP contribution is 2.35. The van der Waals surface area contributed by atoms with Crippen LogP contribution >= 0.6 is 11.3 Å². The highest BCUT2D eigenvalue weighted by molar-refractivity contribution is 7.15. The van der Waals surface area contributed by atoms with Crippen molar-refractivity contribution in [2.45, 2.75) is 33.1 Å². The topological polar surface area (TPSA) is 83.7 Å². The zero-order valence-electron chi connectivity index (χ0n) is 17.1. The van der Waals surface area contributed by atoms with Crippen LogP contribution in [0.1, 0.15) is 31.6 Å². The molecule has 154 valence electrons. The van der Waals surface area contributed by atoms with Crippen LogP contribution in [-0.2, 0) is 6.42 Å². The second-order valence-corrected chi connectivity index (χ2v) is 8.15. The van der Waals surface area contributed by atoms with Crippen molar-refractivity contribution in [3.05, 3.63) is 64.0 Å². The van der Waals surface area contributed by atoms with E-state index in [9.17, 15) is 4.79 Å². The third-order valence-electron chi connectivity index (χ3n) is 4.89. The van der Waals surface area contributed by atoms with Crippen LogP contribution in [0.2, 0.25) is 0 Å². The Morgan fingerprint density at radius 1 is 1.10 bits per heavy atom. The van der Waals surface area contributed by atoms with E-state index in [1.807, 2.05) is 30.3 Å². The molecule has 0 saturated carbocycles. The number of benzene rings is 1. The fraction of sp³-hybridized carbons (Fsp3) is 0.261. The molecule has 4 aromatic rings. The van der Waals surface area contributed by atoms with Gasteiger partial charge in [0, 0.05) is 21.0 Å². The number of hydrogen-bond donors (Lipinski definition) is 2. The van der Waals surface area contributed by atoms with Gasteiger partial charge in [0.15, 0.2) is 5.82 Å². The summed E-state index contributed by atoms with van der Waals surface area (Å²) >= 11 is 1.69. The SMILES string of the molecule is CCCCOc1ccc(-c2cc(-c3ccc(CC)s3)c(-c3nnc[nH]3)c(=O)[nH]2)cc1. The van der Waals surface area contributed by atoms with Crippen molar-refractivity contribution < 1.29 is 4.74 Å². The lowest BCUT2D eigenvalue weighted by Crippen LogP contribution is -2.12. The number of ether oxygens (including phenoxy) is 1. The van der Waals surface area contributed by atoms with Crippen LogP contribution in [0.3, 0.4) is 0 Å². The maximum absolute atomic E-state index is 13.1. The zero-order valence-corrected chi connectivity index (χ0v) is 17.9. The summed E-state index contributed by atoms with van der Waals surface area (Å²) in [6.07, 6.45) is 4.57. The van der Waals surface area contributed by atoms with Gasteiger partial charge in [-0.3, -0.25) is 4.79 Å². The van der Waals surface area contributed by atoms with E-state index in [-0.39, 0.29) is 5.56 Å². The molecule has 0 radical (unpaired) electrons. The molecular weight excluding hydrogens is 396 g/mol. The first-order valence-electron chi connectivity index (χ1n) is 10.2. The van der Waals surface area contributed by atoms with Crippen molar-refractivity contribution in [3.8, 4) is 38.8 Å². The number of aryl methyl sites for hydroxylation is 1. The summed E-state index contributed by atoms with van der Waals surface area (Å²) in [5.41, 5.74) is 2.82. The number of rotatable bonds is 8. The number of hydrogen-bond acceptors (Lipinski definition) is 5. The fourth-order valence-corrected chi connectivity index (χ4v) is 4.22. The van der Waals surface area contributed by atoms with E-state index in [2.05, 4.69) is 46.1 Å². The van der Waals surface area contributed by atoms with Crippen LogP contribution in [0.15, 0.2) is 53.6 Å². The normalized spacial score (nSPS) is 11.0. The molecule has 4 rings (SSSR count). The van der Waals surface area contributed by atoms with E-state index in [4.69, 9.17) is 4.74 Å². The van der Waals surface area contributed by atoms with Gasteiger partial charge in [0.1, 0.15) is 12.1 Å². The molecule has 0 bridgehead atoms. The van der Waals surface area contributed by atoms with Gasteiger partial charge in [-0.25, -0.2) is 0 Å². The van der Waals surface area contributed by atoms with E-state index in [0.717, 1.165) is 46.7 Å². The molecule has 30 heavy (non-hydrogen) atoms. The Morgan fingerprint density at radius 3 is 2.60 bits per heavy atom. The van der Waals surface area contributed by atoms with Crippen LogP contribution in [-0.4, -0.2) is 26.8 Å². The summed E-state index contributed by atoms with van der Waals surface area (Å²) in [5.74, 6) is 1.29. The zero-order chi connectivity index (χ0) is 20.9. The molecule has 0 atom stereocenters. The maximum atomic E-state index is 13.1. The molecule has 3 aromatic heterocycles. The molecule has 3 heterocycles. The van der Waals surface area contributed by atoms with Gasteiger partial charge in [-0.15, -0.1) is 21.5 Å². The van der Waals surface area contributed by atoms with Gasteiger partial charge < -0.3 is 14.7 Å². The standard InChI is InChI=1S/C23H24N4O2S/c1-3-5-12-29-16-8-6-15(7-9-16)19-13-18(20-11-10-17(4-2)30-20)21(23(28)26-19)22-24-14-25-27-22/h6-11,13-14H,3-5,12H2,1-2H3,(H,26,28)(H,24,25,27). The lowest BCUT2D eigenvalue weighted by molar-refractivity contribution is 0.309. The lowest BCUT2D eigenvalue weighted by Gasteiger charge is -2.10. The molecule has 0 unspecified atom stereocenters. The number of aromatic nitrogens is 4. The average molecular weight is 421 g/mol. The van der Waals surface area contributed by atoms with Crippen LogP contribution in [0.5, 0.6) is 5.75 Å². The third kappa shape index (κ3) is 4.21. The average Bonchev–Trinajstić information content (AvgIpc) is 3.46. The van der Waals surface area contributed by atoms with Crippen LogP contribution < -0.4 is 10.3 Å². The lowest BCUT2D eigenvalue weighted by atomic mass is 10.0. The molecule has 0 aliphatic heterocycles. The van der Waals surface area contributed by atoms with Gasteiger partial charge >= 0.3 is 0 Å². The van der Waals surface area contributed by atoms with Crippen molar-refractivity contribution in [2.75, 3.05) is 6.61 Å². The second kappa shape index (κ2) is 9.09. The molecule has 0 amide bonds. The fourth-order valence-electron chi connectivity index (χ4n) is 3.25. The quantitative estimate of drug-likeness (QED) is 0.379. The first kappa shape index (κ1) is 20.1. The molecule has 0 fully saturated rings. The van der Waals surface area contributed by atoms with E-state index in [1.165, 1.54) is 11.2 Å². The molecule has 0 spiro atoms. The first-order chi connectivity index (χ1) is 14.7. The Bertz CT molecular complexity index is 1160. The molecule has 1 aromatic carbocycles. The number of nitrogens with zero attached hydrogens (tertiary/aromatic N) is 2. The second-order valence-electron chi connectivity index (χ2n) is 6.98. The van der Waals surface area contributed by atoms with Crippen molar-refractivity contribution in [1.82, 2.24) is 20.2 Å². The minimum absolute atomic E-state index is 0.200. The minimum Gasteiger partial charge on any atom is -0.494 e. The summed E-state index contributed by atoms with van der Waals surface area (Å²) in [6, 6.07) is 14.0. The van der Waals surface area contributed by atoms with E-state index in [1.54, 1.807) is 11.3 Å². The molecular formula is C23H24N4O2S. The van der Waals surface area contributed by atoms with Gasteiger partial charge in [-0.05, 0) is 60.9 Å². The van der Waals surface area contributed by atoms with Crippen molar-refractivity contribution in [1.29, 1.82) is 0 Å². The Balaban J connectivity index is 1.76. The van der Waals surface area contributed by atoms with Crippen molar-refractivity contribution >= 4 is 11.3 Å². The Hall–Kier alpha value is -3.19. The minimum atomic E-state index is -0.200. The molecule has 0 aliphatic carbocycles. The maximum Gasteiger partial charge on any atom is 0.260 e. The summed E-state index contributed by atoms with van der Waals surface area (Å²) in [6.45, 7) is 4.97. The molecule has 7 heteroatoms.